The molecule has 1 aromatic heterocycles. The van der Waals surface area contributed by atoms with E-state index in [0.717, 1.165) is 53.6 Å². The molecule has 6 heteroatoms. The minimum absolute atomic E-state index is 0.0932. The van der Waals surface area contributed by atoms with Gasteiger partial charge in [-0.15, -0.1) is 0 Å². The number of likely N-dealkylation sites (tertiary alicyclic amines) is 1. The summed E-state index contributed by atoms with van der Waals surface area (Å²) in [5.74, 6) is 1.82. The lowest BCUT2D eigenvalue weighted by Crippen LogP contribution is -2.65. The molecular formula is C20H23BrN4O. The van der Waals surface area contributed by atoms with Crippen LogP contribution in [-0.4, -0.2) is 40.5 Å². The van der Waals surface area contributed by atoms with Gasteiger partial charge in [0.2, 0.25) is 5.91 Å². The number of carbonyl (C=O) groups is 1. The van der Waals surface area contributed by atoms with E-state index in [1.165, 1.54) is 12.8 Å². The Balaban J connectivity index is 1.41. The van der Waals surface area contributed by atoms with Crippen LogP contribution in [0.1, 0.15) is 45.2 Å². The maximum absolute atomic E-state index is 13.1. The number of fused-ring (bicyclic) bond motifs is 2. The molecule has 0 N–H and O–H groups in total. The Hall–Kier alpha value is -1.45. The zero-order valence-corrected chi connectivity index (χ0v) is 16.8. The number of piperidine rings is 1. The molecule has 0 spiro atoms. The Morgan fingerprint density at radius 3 is 2.81 bits per heavy atom. The first-order valence-corrected chi connectivity index (χ1v) is 10.3. The number of carbonyl (C=O) groups excluding carboxylic acids is 1. The summed E-state index contributed by atoms with van der Waals surface area (Å²) >= 11 is 3.49. The molecule has 1 aromatic rings. The van der Waals surface area contributed by atoms with Crippen molar-refractivity contribution in [3.63, 3.8) is 0 Å². The molecule has 0 aromatic carbocycles. The molecule has 1 amide bonds. The molecule has 1 saturated heterocycles. The third-order valence-corrected chi connectivity index (χ3v) is 7.49. The lowest BCUT2D eigenvalue weighted by atomic mass is 9.70. The number of nitrogens with zero attached hydrogens (tertiary/aromatic N) is 4. The molecule has 2 saturated carbocycles. The highest BCUT2D eigenvalue weighted by Gasteiger charge is 2.58. The molecule has 26 heavy (non-hydrogen) atoms. The van der Waals surface area contributed by atoms with Crippen LogP contribution in [-0.2, 0) is 10.2 Å². The van der Waals surface area contributed by atoms with Crippen molar-refractivity contribution in [3.8, 4) is 6.07 Å². The van der Waals surface area contributed by atoms with Gasteiger partial charge in [-0.3, -0.25) is 14.7 Å². The van der Waals surface area contributed by atoms with Crippen molar-refractivity contribution >= 4 is 27.5 Å². The number of rotatable bonds is 2. The molecular weight excluding hydrogens is 392 g/mol. The van der Waals surface area contributed by atoms with Crippen molar-refractivity contribution in [2.24, 2.45) is 11.8 Å². The van der Waals surface area contributed by atoms with Crippen molar-refractivity contribution in [3.05, 3.63) is 22.4 Å². The van der Waals surface area contributed by atoms with Gasteiger partial charge in [-0.2, -0.15) is 5.26 Å². The highest BCUT2D eigenvalue weighted by Crippen LogP contribution is 2.52. The summed E-state index contributed by atoms with van der Waals surface area (Å²) in [7, 11) is 0. The Morgan fingerprint density at radius 1 is 1.35 bits per heavy atom. The fourth-order valence-corrected chi connectivity index (χ4v) is 5.58. The van der Waals surface area contributed by atoms with Crippen molar-refractivity contribution in [1.82, 2.24) is 9.88 Å². The Morgan fingerprint density at radius 2 is 2.12 bits per heavy atom. The summed E-state index contributed by atoms with van der Waals surface area (Å²) in [6.07, 6.45) is 5.82. The summed E-state index contributed by atoms with van der Waals surface area (Å²) in [5, 5.41) is 9.94. The van der Waals surface area contributed by atoms with Gasteiger partial charge in [0.05, 0.1) is 22.9 Å². The van der Waals surface area contributed by atoms with E-state index in [4.69, 9.17) is 0 Å². The van der Waals surface area contributed by atoms with Gasteiger partial charge >= 0.3 is 0 Å². The average molecular weight is 415 g/mol. The fourth-order valence-electron chi connectivity index (χ4n) is 5.26. The SMILES string of the molecule is CC1(C)C(=O)N([C@H]2C[C@@](C#N)(N3CCC4CC4C3)C2)c2cc(Br)cnc21. The number of aromatic nitrogens is 1. The van der Waals surface area contributed by atoms with E-state index in [1.54, 1.807) is 6.20 Å². The van der Waals surface area contributed by atoms with E-state index in [1.807, 2.05) is 24.8 Å². The number of nitriles is 1. The van der Waals surface area contributed by atoms with Gasteiger partial charge in [-0.1, -0.05) is 0 Å². The van der Waals surface area contributed by atoms with Crippen molar-refractivity contribution < 1.29 is 4.79 Å². The van der Waals surface area contributed by atoms with Crippen LogP contribution in [0.3, 0.4) is 0 Å². The third kappa shape index (κ3) is 2.16. The molecule has 136 valence electrons. The summed E-state index contributed by atoms with van der Waals surface area (Å²) in [5.41, 5.74) is 0.767. The van der Waals surface area contributed by atoms with Crippen LogP contribution in [0.4, 0.5) is 5.69 Å². The Kier molecular flexibility index (Phi) is 3.40. The van der Waals surface area contributed by atoms with E-state index >= 15 is 0 Å². The number of pyridine rings is 1. The second-order valence-electron chi connectivity index (χ2n) is 9.02. The molecule has 4 aliphatic rings. The number of hydrogen-bond donors (Lipinski definition) is 0. The molecule has 3 heterocycles. The number of anilines is 1. The smallest absolute Gasteiger partial charge is 0.239 e. The van der Waals surface area contributed by atoms with Gasteiger partial charge in [0.1, 0.15) is 5.54 Å². The highest BCUT2D eigenvalue weighted by atomic mass is 79.9. The van der Waals surface area contributed by atoms with Crippen LogP contribution in [0, 0.1) is 23.2 Å². The second-order valence-corrected chi connectivity index (χ2v) is 9.93. The molecule has 5 rings (SSSR count). The van der Waals surface area contributed by atoms with Gasteiger partial charge in [0.25, 0.3) is 0 Å². The van der Waals surface area contributed by atoms with E-state index in [0.29, 0.717) is 0 Å². The second kappa shape index (κ2) is 5.30. The van der Waals surface area contributed by atoms with Crippen molar-refractivity contribution in [2.45, 2.75) is 56.5 Å². The first kappa shape index (κ1) is 16.7. The average Bonchev–Trinajstić information content (AvgIpc) is 3.32. The zero-order chi connectivity index (χ0) is 18.3. The first-order chi connectivity index (χ1) is 12.4. The number of halogens is 1. The normalized spacial score (nSPS) is 37.5. The molecule has 2 unspecified atom stereocenters. The maximum Gasteiger partial charge on any atom is 0.239 e. The standard InChI is InChI=1S/C20H23BrN4O/c1-19(2)17-16(6-14(21)9-23-17)25(18(19)26)15-7-20(8-15,11-22)24-4-3-12-5-13(12)10-24/h6,9,12-13,15H,3-5,7-8,10H2,1-2H3/t12?,13?,15-,20+. The molecule has 2 aliphatic heterocycles. The number of amides is 1. The minimum Gasteiger partial charge on any atom is -0.306 e. The summed E-state index contributed by atoms with van der Waals surface area (Å²) < 4.78 is 0.883. The van der Waals surface area contributed by atoms with Crippen LogP contribution in [0.25, 0.3) is 0 Å². The largest absolute Gasteiger partial charge is 0.306 e. The lowest BCUT2D eigenvalue weighted by Gasteiger charge is -2.53. The predicted molar refractivity (Wildman–Crippen MR) is 102 cm³/mol. The van der Waals surface area contributed by atoms with Gasteiger partial charge < -0.3 is 4.90 Å². The molecule has 5 nitrogen and oxygen atoms in total. The molecule has 3 fully saturated rings. The highest BCUT2D eigenvalue weighted by molar-refractivity contribution is 9.10. The van der Waals surface area contributed by atoms with Crippen LogP contribution >= 0.6 is 15.9 Å². The monoisotopic (exact) mass is 414 g/mol. The third-order valence-electron chi connectivity index (χ3n) is 7.06. The summed E-state index contributed by atoms with van der Waals surface area (Å²) in [4.78, 5) is 22.0. The minimum atomic E-state index is -0.604. The molecule has 0 radical (unpaired) electrons. The maximum atomic E-state index is 13.1. The zero-order valence-electron chi connectivity index (χ0n) is 15.2. The van der Waals surface area contributed by atoms with E-state index in [2.05, 4.69) is 31.9 Å². The molecule has 0 bridgehead atoms. The van der Waals surface area contributed by atoms with Crippen LogP contribution in [0.15, 0.2) is 16.7 Å². The van der Waals surface area contributed by atoms with Crippen LogP contribution in [0.5, 0.6) is 0 Å². The van der Waals surface area contributed by atoms with E-state index in [-0.39, 0.29) is 17.5 Å². The summed E-state index contributed by atoms with van der Waals surface area (Å²) in [6.45, 7) is 5.99. The van der Waals surface area contributed by atoms with Crippen molar-refractivity contribution in [1.29, 1.82) is 5.26 Å². The first-order valence-electron chi connectivity index (χ1n) is 9.52. The number of hydrogen-bond acceptors (Lipinski definition) is 4. The van der Waals surface area contributed by atoms with Crippen LogP contribution < -0.4 is 4.90 Å². The van der Waals surface area contributed by atoms with E-state index in [9.17, 15) is 10.1 Å². The Bertz CT molecular complexity index is 839. The fraction of sp³-hybridized carbons (Fsp3) is 0.650. The van der Waals surface area contributed by atoms with Gasteiger partial charge in [-0.25, -0.2) is 0 Å². The predicted octanol–water partition coefficient (Wildman–Crippen LogP) is 3.23. The van der Waals surface area contributed by atoms with Gasteiger partial charge in [-0.05, 0) is 67.1 Å². The van der Waals surface area contributed by atoms with E-state index < -0.39 is 5.41 Å². The van der Waals surface area contributed by atoms with Gasteiger partial charge in [0.15, 0.2) is 0 Å². The topological polar surface area (TPSA) is 60.2 Å². The summed E-state index contributed by atoms with van der Waals surface area (Å²) in [6, 6.07) is 4.70. The Labute approximate surface area is 162 Å². The quantitative estimate of drug-likeness (QED) is 0.744. The van der Waals surface area contributed by atoms with Gasteiger partial charge in [0, 0.05) is 36.1 Å². The molecule has 2 aliphatic carbocycles. The lowest BCUT2D eigenvalue weighted by molar-refractivity contribution is -0.123. The molecule has 2 atom stereocenters. The van der Waals surface area contributed by atoms with Crippen molar-refractivity contribution in [2.75, 3.05) is 18.0 Å². The van der Waals surface area contributed by atoms with Crippen LogP contribution in [0.2, 0.25) is 0 Å².